The topological polar surface area (TPSA) is 46.3 Å². The van der Waals surface area contributed by atoms with Gasteiger partial charge in [-0.2, -0.15) is 0 Å². The fourth-order valence-electron chi connectivity index (χ4n) is 1.55. The molecule has 3 nitrogen and oxygen atoms in total. The molecular formula is C12H26N2O. The molecule has 0 fully saturated rings. The van der Waals surface area contributed by atoms with E-state index in [0.717, 1.165) is 19.4 Å². The molecule has 0 radical (unpaired) electrons. The molecule has 0 rings (SSSR count). The zero-order chi connectivity index (χ0) is 12.0. The van der Waals surface area contributed by atoms with E-state index in [1.165, 1.54) is 0 Å². The molecule has 90 valence electrons. The van der Waals surface area contributed by atoms with Gasteiger partial charge < -0.3 is 10.6 Å². The third kappa shape index (κ3) is 4.20. The Morgan fingerprint density at radius 3 is 2.13 bits per heavy atom. The minimum absolute atomic E-state index is 0.0983. The van der Waals surface area contributed by atoms with Crippen LogP contribution in [0.1, 0.15) is 47.5 Å². The number of hydrogen-bond donors (Lipinski definition) is 1. The molecule has 0 aliphatic heterocycles. The molecule has 0 aliphatic carbocycles. The van der Waals surface area contributed by atoms with E-state index < -0.39 is 0 Å². The Morgan fingerprint density at radius 1 is 1.27 bits per heavy atom. The van der Waals surface area contributed by atoms with Crippen LogP contribution in [0.15, 0.2) is 0 Å². The van der Waals surface area contributed by atoms with E-state index in [4.69, 9.17) is 5.73 Å². The van der Waals surface area contributed by atoms with Crippen LogP contribution in [0.4, 0.5) is 0 Å². The predicted octanol–water partition coefficient (Wildman–Crippen LogP) is 2.01. The molecule has 0 saturated heterocycles. The van der Waals surface area contributed by atoms with Crippen molar-refractivity contribution in [2.75, 3.05) is 6.54 Å². The zero-order valence-electron chi connectivity index (χ0n) is 10.8. The highest BCUT2D eigenvalue weighted by molar-refractivity contribution is 5.82. The van der Waals surface area contributed by atoms with Gasteiger partial charge in [-0.25, -0.2) is 0 Å². The van der Waals surface area contributed by atoms with E-state index >= 15 is 0 Å². The van der Waals surface area contributed by atoms with Crippen molar-refractivity contribution in [1.29, 1.82) is 0 Å². The summed E-state index contributed by atoms with van der Waals surface area (Å²) in [6, 6.07) is -0.100. The van der Waals surface area contributed by atoms with E-state index in [2.05, 4.69) is 13.8 Å². The number of carbonyl (C=O) groups is 1. The summed E-state index contributed by atoms with van der Waals surface area (Å²) in [6.45, 7) is 11.1. The molecule has 0 aromatic rings. The van der Waals surface area contributed by atoms with Gasteiger partial charge in [-0.1, -0.05) is 27.2 Å². The highest BCUT2D eigenvalue weighted by Crippen LogP contribution is 2.11. The van der Waals surface area contributed by atoms with Crippen molar-refractivity contribution in [2.45, 2.75) is 59.5 Å². The molecule has 0 saturated carbocycles. The maximum Gasteiger partial charge on any atom is 0.239 e. The number of nitrogens with zero attached hydrogens (tertiary/aromatic N) is 1. The summed E-state index contributed by atoms with van der Waals surface area (Å²) >= 11 is 0. The minimum atomic E-state index is -0.344. The quantitative estimate of drug-likeness (QED) is 0.735. The van der Waals surface area contributed by atoms with Crippen molar-refractivity contribution < 1.29 is 4.79 Å². The van der Waals surface area contributed by atoms with Gasteiger partial charge in [0.1, 0.15) is 0 Å². The molecule has 1 amide bonds. The summed E-state index contributed by atoms with van der Waals surface area (Å²) in [5, 5.41) is 0. The van der Waals surface area contributed by atoms with Crippen LogP contribution < -0.4 is 5.73 Å². The van der Waals surface area contributed by atoms with E-state index in [9.17, 15) is 4.79 Å². The molecule has 0 heterocycles. The molecule has 3 heteroatoms. The second kappa shape index (κ2) is 6.83. The Morgan fingerprint density at radius 2 is 1.80 bits per heavy atom. The predicted molar refractivity (Wildman–Crippen MR) is 64.6 cm³/mol. The Bertz CT molecular complexity index is 192. The number of rotatable bonds is 6. The molecule has 0 aromatic heterocycles. The fourth-order valence-corrected chi connectivity index (χ4v) is 1.55. The Labute approximate surface area is 94.0 Å². The van der Waals surface area contributed by atoms with Gasteiger partial charge in [0.25, 0.3) is 0 Å². The van der Waals surface area contributed by atoms with Crippen LogP contribution in [-0.2, 0) is 4.79 Å². The molecule has 15 heavy (non-hydrogen) atoms. The summed E-state index contributed by atoms with van der Waals surface area (Å²) < 4.78 is 0. The Balaban J connectivity index is 4.48. The summed E-state index contributed by atoms with van der Waals surface area (Å²) in [4.78, 5) is 14.0. The molecule has 1 unspecified atom stereocenters. The first-order valence-corrected chi connectivity index (χ1v) is 6.01. The van der Waals surface area contributed by atoms with Gasteiger partial charge in [0.15, 0.2) is 0 Å². The van der Waals surface area contributed by atoms with E-state index in [0.29, 0.717) is 0 Å². The van der Waals surface area contributed by atoms with Crippen LogP contribution in [0.2, 0.25) is 0 Å². The minimum Gasteiger partial charge on any atom is -0.339 e. The third-order valence-corrected chi connectivity index (χ3v) is 2.91. The van der Waals surface area contributed by atoms with Crippen molar-refractivity contribution in [3.8, 4) is 0 Å². The maximum atomic E-state index is 12.1. The lowest BCUT2D eigenvalue weighted by Gasteiger charge is -2.30. The van der Waals surface area contributed by atoms with E-state index in [-0.39, 0.29) is 23.9 Å². The van der Waals surface area contributed by atoms with Crippen molar-refractivity contribution in [1.82, 2.24) is 4.90 Å². The Kier molecular flexibility index (Phi) is 6.57. The average Bonchev–Trinajstić information content (AvgIpc) is 2.22. The lowest BCUT2D eigenvalue weighted by molar-refractivity contribution is -0.135. The van der Waals surface area contributed by atoms with Crippen LogP contribution in [-0.4, -0.2) is 29.4 Å². The lowest BCUT2D eigenvalue weighted by atomic mass is 9.98. The second-order valence-corrected chi connectivity index (χ2v) is 4.54. The first-order valence-electron chi connectivity index (χ1n) is 6.01. The largest absolute Gasteiger partial charge is 0.339 e. The van der Waals surface area contributed by atoms with Gasteiger partial charge in [-0.3, -0.25) is 4.79 Å². The van der Waals surface area contributed by atoms with Crippen LogP contribution in [0, 0.1) is 5.92 Å². The normalized spacial score (nSPS) is 15.1. The second-order valence-electron chi connectivity index (χ2n) is 4.54. The molecular weight excluding hydrogens is 188 g/mol. The van der Waals surface area contributed by atoms with Gasteiger partial charge in [0.2, 0.25) is 5.91 Å². The number of amides is 1. The van der Waals surface area contributed by atoms with Crippen molar-refractivity contribution in [2.24, 2.45) is 11.7 Å². The summed E-state index contributed by atoms with van der Waals surface area (Å²) in [5.41, 5.74) is 5.95. The SMILES string of the molecule is CCCN(C(=O)[C@@H](N)C(C)CC)C(C)C. The van der Waals surface area contributed by atoms with Gasteiger partial charge in [0.05, 0.1) is 6.04 Å². The monoisotopic (exact) mass is 214 g/mol. The lowest BCUT2D eigenvalue weighted by Crippen LogP contribution is -2.49. The smallest absolute Gasteiger partial charge is 0.239 e. The molecule has 0 aromatic carbocycles. The van der Waals surface area contributed by atoms with Crippen LogP contribution in [0.25, 0.3) is 0 Å². The van der Waals surface area contributed by atoms with Gasteiger partial charge in [-0.15, -0.1) is 0 Å². The van der Waals surface area contributed by atoms with E-state index in [1.54, 1.807) is 0 Å². The summed E-state index contributed by atoms with van der Waals surface area (Å²) in [5.74, 6) is 0.358. The third-order valence-electron chi connectivity index (χ3n) is 2.91. The standard InChI is InChI=1S/C12H26N2O/c1-6-8-14(9(3)4)12(15)11(13)10(5)7-2/h9-11H,6-8,13H2,1-5H3/t10?,11-/m0/s1. The molecule has 0 spiro atoms. The van der Waals surface area contributed by atoms with Crippen LogP contribution >= 0.6 is 0 Å². The van der Waals surface area contributed by atoms with Gasteiger partial charge in [0, 0.05) is 12.6 Å². The fraction of sp³-hybridized carbons (Fsp3) is 0.917. The highest BCUT2D eigenvalue weighted by Gasteiger charge is 2.25. The summed E-state index contributed by atoms with van der Waals surface area (Å²) in [6.07, 6.45) is 1.93. The number of carbonyl (C=O) groups excluding carboxylic acids is 1. The number of hydrogen-bond acceptors (Lipinski definition) is 2. The Hall–Kier alpha value is -0.570. The average molecular weight is 214 g/mol. The van der Waals surface area contributed by atoms with Gasteiger partial charge >= 0.3 is 0 Å². The molecule has 2 atom stereocenters. The van der Waals surface area contributed by atoms with Crippen LogP contribution in [0.3, 0.4) is 0 Å². The summed E-state index contributed by atoms with van der Waals surface area (Å²) in [7, 11) is 0. The van der Waals surface area contributed by atoms with Crippen molar-refractivity contribution in [3.05, 3.63) is 0 Å². The van der Waals surface area contributed by atoms with Crippen molar-refractivity contribution in [3.63, 3.8) is 0 Å². The highest BCUT2D eigenvalue weighted by atomic mass is 16.2. The first kappa shape index (κ1) is 14.4. The maximum absolute atomic E-state index is 12.1. The zero-order valence-corrected chi connectivity index (χ0v) is 10.8. The van der Waals surface area contributed by atoms with Gasteiger partial charge in [-0.05, 0) is 26.2 Å². The molecule has 0 bridgehead atoms. The first-order chi connectivity index (χ1) is 6.95. The van der Waals surface area contributed by atoms with E-state index in [1.807, 2.05) is 25.7 Å². The number of nitrogens with two attached hydrogens (primary N) is 1. The molecule has 0 aliphatic rings. The van der Waals surface area contributed by atoms with Crippen molar-refractivity contribution >= 4 is 5.91 Å². The van der Waals surface area contributed by atoms with Crippen LogP contribution in [0.5, 0.6) is 0 Å². The molecule has 2 N–H and O–H groups in total.